The molecule has 2 aromatic carbocycles. The van der Waals surface area contributed by atoms with Gasteiger partial charge in [0.25, 0.3) is 5.91 Å². The molecule has 2 aromatic rings. The van der Waals surface area contributed by atoms with Gasteiger partial charge in [-0.15, -0.1) is 0 Å². The SMILES string of the molecule is COCCOCCOCCOCCOCCOCCNC(=O)C(C#N)=C(C)c1ccc2cc(N3CCCCC3)ccc2c1. The Morgan fingerprint density at radius 1 is 0.767 bits per heavy atom. The monoisotopic (exact) mass is 597 g/mol. The van der Waals surface area contributed by atoms with E-state index in [1.807, 2.05) is 19.1 Å². The largest absolute Gasteiger partial charge is 0.382 e. The van der Waals surface area contributed by atoms with Gasteiger partial charge in [0.1, 0.15) is 11.6 Å². The second kappa shape index (κ2) is 20.8. The van der Waals surface area contributed by atoms with Crippen LogP contribution in [-0.4, -0.2) is 105 Å². The number of methoxy groups -OCH3 is 1. The number of carbonyl (C=O) groups excluding carboxylic acids is 1. The van der Waals surface area contributed by atoms with Gasteiger partial charge in [0.2, 0.25) is 0 Å². The number of amides is 1. The molecule has 0 unspecified atom stereocenters. The summed E-state index contributed by atoms with van der Waals surface area (Å²) in [6, 6.07) is 14.7. The number of anilines is 1. The van der Waals surface area contributed by atoms with Crippen LogP contribution < -0.4 is 10.2 Å². The van der Waals surface area contributed by atoms with Crippen molar-refractivity contribution in [3.63, 3.8) is 0 Å². The minimum absolute atomic E-state index is 0.105. The molecule has 43 heavy (non-hydrogen) atoms. The summed E-state index contributed by atoms with van der Waals surface area (Å²) >= 11 is 0. The molecule has 0 atom stereocenters. The summed E-state index contributed by atoms with van der Waals surface area (Å²) in [5.41, 5.74) is 2.87. The van der Waals surface area contributed by atoms with Crippen LogP contribution in [0, 0.1) is 11.3 Å². The molecule has 1 heterocycles. The summed E-state index contributed by atoms with van der Waals surface area (Å²) < 4.78 is 32.1. The van der Waals surface area contributed by atoms with Gasteiger partial charge in [-0.1, -0.05) is 18.2 Å². The first-order valence-electron chi connectivity index (χ1n) is 15.2. The molecule has 0 bridgehead atoms. The summed E-state index contributed by atoms with van der Waals surface area (Å²) in [4.78, 5) is 15.2. The van der Waals surface area contributed by atoms with Crippen LogP contribution in [0.1, 0.15) is 31.7 Å². The number of carbonyl (C=O) groups is 1. The number of benzene rings is 2. The fraction of sp³-hybridized carbons (Fsp3) is 0.576. The van der Waals surface area contributed by atoms with Crippen molar-refractivity contribution in [3.8, 4) is 6.07 Å². The lowest BCUT2D eigenvalue weighted by Gasteiger charge is -2.29. The van der Waals surface area contributed by atoms with Crippen LogP contribution in [0.25, 0.3) is 16.3 Å². The number of ether oxygens (including phenoxy) is 6. The molecule has 1 aliphatic rings. The van der Waals surface area contributed by atoms with E-state index in [1.165, 1.54) is 24.9 Å². The topological polar surface area (TPSA) is 112 Å². The molecule has 0 spiro atoms. The summed E-state index contributed by atoms with van der Waals surface area (Å²) in [5, 5.41) is 14.7. The van der Waals surface area contributed by atoms with E-state index in [-0.39, 0.29) is 5.57 Å². The second-order valence-corrected chi connectivity index (χ2v) is 10.2. The van der Waals surface area contributed by atoms with E-state index in [0.717, 1.165) is 29.4 Å². The molecule has 0 aliphatic carbocycles. The molecule has 1 fully saturated rings. The Kier molecular flexibility index (Phi) is 16.7. The van der Waals surface area contributed by atoms with Crippen molar-refractivity contribution < 1.29 is 33.2 Å². The Morgan fingerprint density at radius 3 is 1.88 bits per heavy atom. The molecule has 1 amide bonds. The molecule has 0 saturated carbocycles. The number of hydrogen-bond donors (Lipinski definition) is 1. The highest BCUT2D eigenvalue weighted by Gasteiger charge is 2.15. The Labute approximate surface area is 255 Å². The highest BCUT2D eigenvalue weighted by molar-refractivity contribution is 6.05. The van der Waals surface area contributed by atoms with Crippen molar-refractivity contribution in [1.82, 2.24) is 5.32 Å². The van der Waals surface area contributed by atoms with Crippen LogP contribution >= 0.6 is 0 Å². The van der Waals surface area contributed by atoms with Crippen molar-refractivity contribution in [3.05, 3.63) is 47.5 Å². The lowest BCUT2D eigenvalue weighted by atomic mass is 9.98. The number of piperidine rings is 1. The highest BCUT2D eigenvalue weighted by Crippen LogP contribution is 2.28. The van der Waals surface area contributed by atoms with Gasteiger partial charge < -0.3 is 38.6 Å². The van der Waals surface area contributed by atoms with Crippen molar-refractivity contribution in [2.24, 2.45) is 0 Å². The van der Waals surface area contributed by atoms with E-state index >= 15 is 0 Å². The third-order valence-electron chi connectivity index (χ3n) is 7.14. The number of allylic oxidation sites excluding steroid dienone is 1. The van der Waals surface area contributed by atoms with Crippen molar-refractivity contribution >= 4 is 27.9 Å². The third kappa shape index (κ3) is 12.6. The zero-order valence-corrected chi connectivity index (χ0v) is 25.7. The van der Waals surface area contributed by atoms with Gasteiger partial charge in [0.15, 0.2) is 0 Å². The maximum Gasteiger partial charge on any atom is 0.262 e. The van der Waals surface area contributed by atoms with E-state index in [1.54, 1.807) is 7.11 Å². The first kappa shape index (κ1) is 34.5. The Bertz CT molecular complexity index is 1170. The molecule has 0 aromatic heterocycles. The molecule has 3 rings (SSSR count). The fourth-order valence-corrected chi connectivity index (χ4v) is 4.71. The first-order chi connectivity index (χ1) is 21.1. The zero-order chi connectivity index (χ0) is 30.5. The van der Waals surface area contributed by atoms with Crippen LogP contribution in [-0.2, 0) is 33.2 Å². The molecule has 10 heteroatoms. The van der Waals surface area contributed by atoms with E-state index in [9.17, 15) is 10.1 Å². The number of rotatable bonds is 21. The smallest absolute Gasteiger partial charge is 0.262 e. The van der Waals surface area contributed by atoms with Crippen LogP contribution in [0.15, 0.2) is 42.0 Å². The standard InChI is InChI=1S/C33H47N3O7/c1-27(28-6-7-30-25-31(9-8-29(30)24-28)36-11-4-3-5-12-36)32(26-34)33(37)35-10-13-39-16-17-41-20-21-43-23-22-42-19-18-40-15-14-38-2/h6-9,24-25H,3-5,10-23H2,1-2H3,(H,35,37). The number of hydrogen-bond acceptors (Lipinski definition) is 9. The number of nitrogens with zero attached hydrogens (tertiary/aromatic N) is 2. The van der Waals surface area contributed by atoms with Gasteiger partial charge in [-0.2, -0.15) is 5.26 Å². The van der Waals surface area contributed by atoms with Gasteiger partial charge in [0, 0.05) is 32.4 Å². The summed E-state index contributed by atoms with van der Waals surface area (Å²) in [5.74, 6) is -0.403. The Hall–Kier alpha value is -3.04. The van der Waals surface area contributed by atoms with Crippen molar-refractivity contribution in [2.75, 3.05) is 104 Å². The van der Waals surface area contributed by atoms with Crippen molar-refractivity contribution in [2.45, 2.75) is 26.2 Å². The molecule has 10 nitrogen and oxygen atoms in total. The average Bonchev–Trinajstić information content (AvgIpc) is 3.04. The van der Waals surface area contributed by atoms with Crippen LogP contribution in [0.4, 0.5) is 5.69 Å². The normalized spacial score (nSPS) is 14.0. The minimum atomic E-state index is -0.403. The van der Waals surface area contributed by atoms with E-state index in [4.69, 9.17) is 28.4 Å². The van der Waals surface area contributed by atoms with Crippen LogP contribution in [0.5, 0.6) is 0 Å². The van der Waals surface area contributed by atoms with Crippen LogP contribution in [0.3, 0.4) is 0 Å². The summed E-state index contributed by atoms with van der Waals surface area (Å²) in [6.45, 7) is 9.63. The molecule has 236 valence electrons. The summed E-state index contributed by atoms with van der Waals surface area (Å²) in [6.07, 6.45) is 3.78. The van der Waals surface area contributed by atoms with E-state index < -0.39 is 5.91 Å². The lowest BCUT2D eigenvalue weighted by molar-refractivity contribution is -0.117. The average molecular weight is 598 g/mol. The number of nitriles is 1. The van der Waals surface area contributed by atoms with Crippen LogP contribution in [0.2, 0.25) is 0 Å². The zero-order valence-electron chi connectivity index (χ0n) is 25.7. The fourth-order valence-electron chi connectivity index (χ4n) is 4.71. The Morgan fingerprint density at radius 2 is 1.30 bits per heavy atom. The Balaban J connectivity index is 1.27. The molecule has 1 saturated heterocycles. The second-order valence-electron chi connectivity index (χ2n) is 10.2. The van der Waals surface area contributed by atoms with Gasteiger partial charge in [-0.25, -0.2) is 0 Å². The lowest BCUT2D eigenvalue weighted by Crippen LogP contribution is -2.29. The number of nitrogens with one attached hydrogen (secondary N) is 1. The molecule has 0 radical (unpaired) electrons. The molecular weight excluding hydrogens is 550 g/mol. The maximum absolute atomic E-state index is 12.7. The highest BCUT2D eigenvalue weighted by atomic mass is 16.6. The van der Waals surface area contributed by atoms with E-state index in [0.29, 0.717) is 84.8 Å². The van der Waals surface area contributed by atoms with Crippen molar-refractivity contribution in [1.29, 1.82) is 5.26 Å². The molecule has 1 N–H and O–H groups in total. The first-order valence-corrected chi connectivity index (χ1v) is 15.2. The van der Waals surface area contributed by atoms with Gasteiger partial charge in [-0.3, -0.25) is 4.79 Å². The quantitative estimate of drug-likeness (QED) is 0.130. The van der Waals surface area contributed by atoms with Gasteiger partial charge >= 0.3 is 0 Å². The third-order valence-corrected chi connectivity index (χ3v) is 7.14. The number of fused-ring (bicyclic) bond motifs is 1. The predicted molar refractivity (Wildman–Crippen MR) is 167 cm³/mol. The van der Waals surface area contributed by atoms with Gasteiger partial charge in [-0.05, 0) is 66.3 Å². The molecular formula is C33H47N3O7. The predicted octanol–water partition coefficient (Wildman–Crippen LogP) is 3.97. The van der Waals surface area contributed by atoms with E-state index in [2.05, 4.69) is 40.6 Å². The minimum Gasteiger partial charge on any atom is -0.382 e. The summed E-state index contributed by atoms with van der Waals surface area (Å²) in [7, 11) is 1.64. The maximum atomic E-state index is 12.7. The van der Waals surface area contributed by atoms with Gasteiger partial charge in [0.05, 0.1) is 72.7 Å². The molecule has 1 aliphatic heterocycles.